The molecule has 0 aliphatic rings. The van der Waals surface area contributed by atoms with Crippen molar-refractivity contribution in [3.63, 3.8) is 0 Å². The number of rotatable bonds is 12. The summed E-state index contributed by atoms with van der Waals surface area (Å²) < 4.78 is 25.7. The van der Waals surface area contributed by atoms with Gasteiger partial charge in [-0.2, -0.15) is 5.26 Å². The number of nitrogens with zero attached hydrogens (tertiary/aromatic N) is 2. The average Bonchev–Trinajstić information content (AvgIpc) is 2.35. The molecule has 0 aromatic rings. The summed E-state index contributed by atoms with van der Waals surface area (Å²) in [6.45, 7) is 13.1. The second-order valence-electron chi connectivity index (χ2n) is 6.38. The lowest BCUT2D eigenvalue weighted by Gasteiger charge is -2.35. The molecule has 0 aliphatic carbocycles. The van der Waals surface area contributed by atoms with Crippen molar-refractivity contribution in [2.45, 2.75) is 59.0 Å². The highest BCUT2D eigenvalue weighted by molar-refractivity contribution is 7.62. The van der Waals surface area contributed by atoms with E-state index in [1.165, 1.54) is 0 Å². The van der Waals surface area contributed by atoms with Gasteiger partial charge in [-0.1, -0.05) is 0 Å². The van der Waals surface area contributed by atoms with E-state index in [4.69, 9.17) is 14.3 Å². The van der Waals surface area contributed by atoms with Crippen molar-refractivity contribution in [2.75, 3.05) is 32.7 Å². The molecule has 7 heteroatoms. The summed E-state index contributed by atoms with van der Waals surface area (Å²) >= 11 is 0. The van der Waals surface area contributed by atoms with Gasteiger partial charge in [0.1, 0.15) is 0 Å². The molecule has 0 aromatic carbocycles. The molecule has 130 valence electrons. The molecule has 0 aromatic heterocycles. The molecule has 1 unspecified atom stereocenters. The smallest absolute Gasteiger partial charge is 0.259 e. The maximum atomic E-state index is 11.7. The Hall–Kier alpha value is 0.0300. The molecular formula is C15H32N2O3P2. The van der Waals surface area contributed by atoms with Gasteiger partial charge in [-0.25, -0.2) is 4.67 Å². The molecule has 0 saturated heterocycles. The summed E-state index contributed by atoms with van der Waals surface area (Å²) in [7, 11) is -3.08. The Morgan fingerprint density at radius 2 is 1.64 bits per heavy atom. The molecule has 0 aliphatic heterocycles. The first-order chi connectivity index (χ1) is 10.2. The molecule has 0 radical (unpaired) electrons. The van der Waals surface area contributed by atoms with Crippen molar-refractivity contribution >= 4 is 15.7 Å². The maximum Gasteiger partial charge on any atom is 0.259 e. The Morgan fingerprint density at radius 3 is 2.09 bits per heavy atom. The Bertz CT molecular complexity index is 369. The van der Waals surface area contributed by atoms with Crippen LogP contribution in [0.15, 0.2) is 0 Å². The van der Waals surface area contributed by atoms with Crippen LogP contribution < -0.4 is 0 Å². The zero-order valence-electron chi connectivity index (χ0n) is 14.9. The van der Waals surface area contributed by atoms with Gasteiger partial charge in [-0.3, -0.25) is 0 Å². The molecule has 22 heavy (non-hydrogen) atoms. The van der Waals surface area contributed by atoms with Gasteiger partial charge in [-0.05, 0) is 53.9 Å². The van der Waals surface area contributed by atoms with E-state index in [1.807, 2.05) is 13.3 Å². The minimum atomic E-state index is -1.93. The molecule has 0 heterocycles. The van der Waals surface area contributed by atoms with Crippen LogP contribution in [-0.4, -0.2) is 49.5 Å². The quantitative estimate of drug-likeness (QED) is 0.378. The first-order valence-corrected chi connectivity index (χ1v) is 11.9. The average molecular weight is 350 g/mol. The molecular weight excluding hydrogens is 318 g/mol. The molecule has 0 saturated carbocycles. The fraction of sp³-hybridized carbons (Fsp3) is 0.933. The van der Waals surface area contributed by atoms with Crippen molar-refractivity contribution in [3.8, 4) is 6.07 Å². The van der Waals surface area contributed by atoms with E-state index in [0.717, 1.165) is 19.0 Å². The standard InChI is InChI=1S/C15H32N2O3P2/c1-14(2)17(15(3)4)21(20-12-9-10-16)19-11-7-8-13-22(5,6)18/h14-15H,7-9,11-13H2,1-6H3. The van der Waals surface area contributed by atoms with Crippen LogP contribution in [0.2, 0.25) is 0 Å². The predicted octanol–water partition coefficient (Wildman–Crippen LogP) is 4.68. The van der Waals surface area contributed by atoms with Crippen molar-refractivity contribution in [2.24, 2.45) is 0 Å². The molecule has 0 fully saturated rings. The highest BCUT2D eigenvalue weighted by Crippen LogP contribution is 2.46. The summed E-state index contributed by atoms with van der Waals surface area (Å²) in [5.74, 6) is 0. The minimum Gasteiger partial charge on any atom is -0.324 e. The van der Waals surface area contributed by atoms with Crippen LogP contribution in [0.4, 0.5) is 0 Å². The maximum absolute atomic E-state index is 11.7. The van der Waals surface area contributed by atoms with Crippen LogP contribution in [0, 0.1) is 11.3 Å². The van der Waals surface area contributed by atoms with Crippen LogP contribution in [-0.2, 0) is 13.6 Å². The number of unbranched alkanes of at least 4 members (excludes halogenated alkanes) is 1. The van der Waals surface area contributed by atoms with Crippen LogP contribution in [0.25, 0.3) is 0 Å². The van der Waals surface area contributed by atoms with E-state index in [1.54, 1.807) is 0 Å². The van der Waals surface area contributed by atoms with E-state index in [9.17, 15) is 4.57 Å². The zero-order chi connectivity index (χ0) is 17.2. The van der Waals surface area contributed by atoms with Crippen molar-refractivity contribution in [1.29, 1.82) is 5.26 Å². The van der Waals surface area contributed by atoms with Crippen molar-refractivity contribution in [3.05, 3.63) is 0 Å². The Balaban J connectivity index is 4.40. The third-order valence-corrected chi connectivity index (χ3v) is 6.46. The lowest BCUT2D eigenvalue weighted by Crippen LogP contribution is -2.33. The van der Waals surface area contributed by atoms with Crippen molar-refractivity contribution in [1.82, 2.24) is 4.67 Å². The molecule has 0 rings (SSSR count). The molecule has 1 atom stereocenters. The van der Waals surface area contributed by atoms with Gasteiger partial charge in [-0.15, -0.1) is 0 Å². The zero-order valence-corrected chi connectivity index (χ0v) is 16.7. The third kappa shape index (κ3) is 10.7. The minimum absolute atomic E-state index is 0.319. The fourth-order valence-electron chi connectivity index (χ4n) is 2.05. The van der Waals surface area contributed by atoms with E-state index < -0.39 is 15.7 Å². The topological polar surface area (TPSA) is 62.6 Å². The van der Waals surface area contributed by atoms with Gasteiger partial charge in [0.15, 0.2) is 0 Å². The molecule has 0 spiro atoms. The summed E-state index contributed by atoms with van der Waals surface area (Å²) in [4.78, 5) is 0. The largest absolute Gasteiger partial charge is 0.324 e. The van der Waals surface area contributed by atoms with Crippen LogP contribution in [0.3, 0.4) is 0 Å². The van der Waals surface area contributed by atoms with Gasteiger partial charge < -0.3 is 13.6 Å². The van der Waals surface area contributed by atoms with Crippen LogP contribution in [0.5, 0.6) is 0 Å². The lowest BCUT2D eigenvalue weighted by atomic mass is 10.3. The van der Waals surface area contributed by atoms with E-state index in [-0.39, 0.29) is 0 Å². The summed E-state index contributed by atoms with van der Waals surface area (Å²) in [5, 5.41) is 8.65. The first-order valence-electron chi connectivity index (χ1n) is 7.94. The summed E-state index contributed by atoms with van der Waals surface area (Å²) in [5.41, 5.74) is 0. The van der Waals surface area contributed by atoms with Gasteiger partial charge in [0.05, 0.1) is 32.8 Å². The summed E-state index contributed by atoms with van der Waals surface area (Å²) in [6, 6.07) is 2.73. The number of hydrogen-bond donors (Lipinski definition) is 0. The highest BCUT2D eigenvalue weighted by atomic mass is 31.2. The molecule has 0 bridgehead atoms. The van der Waals surface area contributed by atoms with Crippen LogP contribution in [0.1, 0.15) is 47.0 Å². The van der Waals surface area contributed by atoms with E-state index >= 15 is 0 Å². The first kappa shape index (κ1) is 22.0. The van der Waals surface area contributed by atoms with Gasteiger partial charge in [0, 0.05) is 18.2 Å². The summed E-state index contributed by atoms with van der Waals surface area (Å²) in [6.07, 6.45) is 2.94. The highest BCUT2D eigenvalue weighted by Gasteiger charge is 2.26. The van der Waals surface area contributed by atoms with Crippen LogP contribution >= 0.6 is 15.7 Å². The molecule has 5 nitrogen and oxygen atoms in total. The SMILES string of the molecule is CC(C)N(C(C)C)P(OCCC#N)OCCCCP(C)(C)=O. The lowest BCUT2D eigenvalue weighted by molar-refractivity contribution is 0.175. The van der Waals surface area contributed by atoms with Gasteiger partial charge in [0.25, 0.3) is 8.53 Å². The fourth-order valence-corrected chi connectivity index (χ4v) is 4.66. The normalized spacial score (nSPS) is 13.8. The third-order valence-electron chi connectivity index (χ3n) is 2.95. The second kappa shape index (κ2) is 11.5. The molecule has 0 amide bonds. The van der Waals surface area contributed by atoms with E-state index in [2.05, 4.69) is 38.4 Å². The van der Waals surface area contributed by atoms with E-state index in [0.29, 0.717) is 31.7 Å². The van der Waals surface area contributed by atoms with Gasteiger partial charge >= 0.3 is 0 Å². The van der Waals surface area contributed by atoms with Crippen molar-refractivity contribution < 1.29 is 13.6 Å². The Kier molecular flexibility index (Phi) is 11.6. The predicted molar refractivity (Wildman–Crippen MR) is 94.7 cm³/mol. The number of hydrogen-bond acceptors (Lipinski definition) is 5. The Labute approximate surface area is 137 Å². The number of nitriles is 1. The Morgan fingerprint density at radius 1 is 1.09 bits per heavy atom. The van der Waals surface area contributed by atoms with Gasteiger partial charge in [0.2, 0.25) is 0 Å². The monoisotopic (exact) mass is 350 g/mol. The molecule has 0 N–H and O–H groups in total. The second-order valence-corrected chi connectivity index (χ2v) is 11.4.